The van der Waals surface area contributed by atoms with Crippen LogP contribution in [0.1, 0.15) is 110 Å². The fourth-order valence-corrected chi connectivity index (χ4v) is 5.54. The fourth-order valence-electron chi connectivity index (χ4n) is 3.62. The zero-order valence-electron chi connectivity index (χ0n) is 19.9. The lowest BCUT2D eigenvalue weighted by molar-refractivity contribution is 0.129. The molecule has 0 heterocycles. The summed E-state index contributed by atoms with van der Waals surface area (Å²) in [6, 6.07) is 1.22. The molecule has 0 spiro atoms. The van der Waals surface area contributed by atoms with E-state index in [0.717, 1.165) is 26.2 Å². The topological polar surface area (TPSA) is 18.5 Å². The molecule has 0 saturated carbocycles. The summed E-state index contributed by atoms with van der Waals surface area (Å²) < 4.78 is 11.6. The standard InChI is InChI=1S/C25H52O2Si/c1-5-7-8-9-10-11-12-13-14-15-16-17-18-19-20-21-23-26-24-22-25-28(3,4)27-6-2/h13-14H,5-12,15-25H2,1-4H3/b14-13-. The van der Waals surface area contributed by atoms with Crippen molar-refractivity contribution in [2.24, 2.45) is 0 Å². The molecule has 0 aliphatic rings. The molecule has 0 aromatic rings. The molecule has 0 saturated heterocycles. The van der Waals surface area contributed by atoms with Gasteiger partial charge in [0.1, 0.15) is 0 Å². The predicted molar refractivity (Wildman–Crippen MR) is 129 cm³/mol. The molecule has 0 amide bonds. The molecule has 28 heavy (non-hydrogen) atoms. The molecule has 0 aliphatic heterocycles. The van der Waals surface area contributed by atoms with Crippen LogP contribution in [-0.2, 0) is 9.16 Å². The smallest absolute Gasteiger partial charge is 0.186 e. The van der Waals surface area contributed by atoms with Crippen LogP contribution in [0.25, 0.3) is 0 Å². The molecular weight excluding hydrogens is 360 g/mol. The van der Waals surface area contributed by atoms with E-state index in [-0.39, 0.29) is 0 Å². The van der Waals surface area contributed by atoms with E-state index in [0.29, 0.717) is 0 Å². The summed E-state index contributed by atoms with van der Waals surface area (Å²) in [4.78, 5) is 0. The largest absolute Gasteiger partial charge is 0.418 e. The van der Waals surface area contributed by atoms with Gasteiger partial charge >= 0.3 is 0 Å². The Hall–Kier alpha value is -0.123. The normalized spacial score (nSPS) is 12.3. The maximum Gasteiger partial charge on any atom is 0.186 e. The van der Waals surface area contributed by atoms with E-state index in [1.54, 1.807) is 0 Å². The van der Waals surface area contributed by atoms with Gasteiger partial charge in [-0.2, -0.15) is 0 Å². The van der Waals surface area contributed by atoms with Crippen LogP contribution in [0.4, 0.5) is 0 Å². The summed E-state index contributed by atoms with van der Waals surface area (Å²) in [7, 11) is -1.40. The molecule has 168 valence electrons. The highest BCUT2D eigenvalue weighted by atomic mass is 28.4. The minimum Gasteiger partial charge on any atom is -0.418 e. The Labute approximate surface area is 179 Å². The predicted octanol–water partition coefficient (Wildman–Crippen LogP) is 8.67. The van der Waals surface area contributed by atoms with Crippen molar-refractivity contribution in [2.45, 2.75) is 129 Å². The molecule has 2 nitrogen and oxygen atoms in total. The van der Waals surface area contributed by atoms with E-state index in [1.807, 2.05) is 0 Å². The molecular formula is C25H52O2Si. The summed E-state index contributed by atoms with van der Waals surface area (Å²) in [5, 5.41) is 0. The van der Waals surface area contributed by atoms with Crippen molar-refractivity contribution in [3.05, 3.63) is 12.2 Å². The summed E-state index contributed by atoms with van der Waals surface area (Å²) in [5.74, 6) is 0. The van der Waals surface area contributed by atoms with Crippen molar-refractivity contribution in [3.63, 3.8) is 0 Å². The Morgan fingerprint density at radius 3 is 1.68 bits per heavy atom. The Bertz CT molecular complexity index is 329. The van der Waals surface area contributed by atoms with E-state index in [1.165, 1.54) is 95.9 Å². The monoisotopic (exact) mass is 412 g/mol. The third kappa shape index (κ3) is 22.2. The van der Waals surface area contributed by atoms with Crippen LogP contribution in [0.5, 0.6) is 0 Å². The van der Waals surface area contributed by atoms with E-state index in [9.17, 15) is 0 Å². The van der Waals surface area contributed by atoms with Gasteiger partial charge in [-0.3, -0.25) is 0 Å². The second-order valence-corrected chi connectivity index (χ2v) is 13.2. The van der Waals surface area contributed by atoms with Crippen molar-refractivity contribution < 1.29 is 9.16 Å². The van der Waals surface area contributed by atoms with E-state index < -0.39 is 8.32 Å². The SMILES string of the molecule is CCCCCCCC/C=C\CCCCCCCCOCCC[Si](C)(C)OCC. The Balaban J connectivity index is 3.16. The molecule has 0 aliphatic carbocycles. The van der Waals surface area contributed by atoms with Crippen molar-refractivity contribution in [1.82, 2.24) is 0 Å². The van der Waals surface area contributed by atoms with Crippen molar-refractivity contribution in [2.75, 3.05) is 19.8 Å². The summed E-state index contributed by atoms with van der Waals surface area (Å²) >= 11 is 0. The fraction of sp³-hybridized carbons (Fsp3) is 0.920. The third-order valence-corrected chi connectivity index (χ3v) is 8.03. The highest BCUT2D eigenvalue weighted by Gasteiger charge is 2.20. The van der Waals surface area contributed by atoms with E-state index in [2.05, 4.69) is 39.1 Å². The minimum absolute atomic E-state index is 0.857. The molecule has 0 radical (unpaired) electrons. The molecule has 0 N–H and O–H groups in total. The maximum atomic E-state index is 5.85. The van der Waals surface area contributed by atoms with Gasteiger partial charge in [-0.25, -0.2) is 0 Å². The van der Waals surface area contributed by atoms with Gasteiger partial charge in [0.2, 0.25) is 0 Å². The molecule has 0 unspecified atom stereocenters. The number of ether oxygens (including phenoxy) is 1. The van der Waals surface area contributed by atoms with Gasteiger partial charge in [0.15, 0.2) is 8.32 Å². The first-order chi connectivity index (χ1) is 13.6. The minimum atomic E-state index is -1.40. The van der Waals surface area contributed by atoms with Crippen molar-refractivity contribution in [1.29, 1.82) is 0 Å². The molecule has 0 rings (SSSR count). The van der Waals surface area contributed by atoms with E-state index >= 15 is 0 Å². The van der Waals surface area contributed by atoms with Crippen LogP contribution < -0.4 is 0 Å². The number of rotatable bonds is 22. The lowest BCUT2D eigenvalue weighted by atomic mass is 10.1. The average Bonchev–Trinajstić information content (AvgIpc) is 2.66. The van der Waals surface area contributed by atoms with Crippen LogP contribution in [-0.4, -0.2) is 28.1 Å². The molecule has 0 aromatic carbocycles. The summed E-state index contributed by atoms with van der Waals surface area (Å²) in [5.41, 5.74) is 0. The zero-order valence-corrected chi connectivity index (χ0v) is 20.9. The first-order valence-electron chi connectivity index (χ1n) is 12.5. The van der Waals surface area contributed by atoms with Crippen LogP contribution in [0, 0.1) is 0 Å². The van der Waals surface area contributed by atoms with Crippen LogP contribution in [0.2, 0.25) is 19.1 Å². The Kier molecular flexibility index (Phi) is 21.5. The number of unbranched alkanes of at least 4 members (excludes halogenated alkanes) is 12. The number of allylic oxidation sites excluding steroid dienone is 2. The van der Waals surface area contributed by atoms with Crippen LogP contribution >= 0.6 is 0 Å². The average molecular weight is 413 g/mol. The van der Waals surface area contributed by atoms with Gasteiger partial charge < -0.3 is 9.16 Å². The molecule has 0 aromatic heterocycles. The van der Waals surface area contributed by atoms with Gasteiger partial charge in [0.05, 0.1) is 0 Å². The highest BCUT2D eigenvalue weighted by Crippen LogP contribution is 2.14. The maximum absolute atomic E-state index is 5.85. The summed E-state index contributed by atoms with van der Waals surface area (Å²) in [6.07, 6.45) is 25.0. The van der Waals surface area contributed by atoms with E-state index in [4.69, 9.17) is 9.16 Å². The highest BCUT2D eigenvalue weighted by molar-refractivity contribution is 6.71. The van der Waals surface area contributed by atoms with Gasteiger partial charge in [-0.15, -0.1) is 0 Å². The lowest BCUT2D eigenvalue weighted by Crippen LogP contribution is -2.30. The van der Waals surface area contributed by atoms with Gasteiger partial charge in [-0.1, -0.05) is 76.9 Å². The number of hydrogen-bond donors (Lipinski definition) is 0. The lowest BCUT2D eigenvalue weighted by Gasteiger charge is -2.21. The molecule has 0 fully saturated rings. The van der Waals surface area contributed by atoms with Crippen LogP contribution in [0.3, 0.4) is 0 Å². The third-order valence-electron chi connectivity index (χ3n) is 5.40. The number of hydrogen-bond acceptors (Lipinski definition) is 2. The van der Waals surface area contributed by atoms with Crippen molar-refractivity contribution >= 4 is 8.32 Å². The second-order valence-electron chi connectivity index (χ2n) is 8.85. The molecule has 3 heteroatoms. The quantitative estimate of drug-likeness (QED) is 0.101. The summed E-state index contributed by atoms with van der Waals surface area (Å²) in [6.45, 7) is 11.7. The van der Waals surface area contributed by atoms with Crippen molar-refractivity contribution in [3.8, 4) is 0 Å². The Morgan fingerprint density at radius 1 is 0.607 bits per heavy atom. The first-order valence-corrected chi connectivity index (χ1v) is 15.6. The Morgan fingerprint density at radius 2 is 1.11 bits per heavy atom. The molecule has 0 bridgehead atoms. The van der Waals surface area contributed by atoms with Gasteiger partial charge in [0, 0.05) is 19.8 Å². The van der Waals surface area contributed by atoms with Gasteiger partial charge in [0.25, 0.3) is 0 Å². The first kappa shape index (κ1) is 27.9. The second kappa shape index (κ2) is 21.6. The zero-order chi connectivity index (χ0) is 20.8. The molecule has 0 atom stereocenters. The van der Waals surface area contributed by atoms with Gasteiger partial charge in [-0.05, 0) is 64.6 Å². The van der Waals surface area contributed by atoms with Crippen LogP contribution in [0.15, 0.2) is 12.2 Å².